The van der Waals surface area contributed by atoms with Crippen molar-refractivity contribution in [3.8, 4) is 5.75 Å². The van der Waals surface area contributed by atoms with Crippen LogP contribution in [0.5, 0.6) is 5.75 Å². The number of benzene rings is 1. The molecule has 28 heavy (non-hydrogen) atoms. The Hall–Kier alpha value is -3.15. The van der Waals surface area contributed by atoms with Gasteiger partial charge in [0.05, 0.1) is 0 Å². The van der Waals surface area contributed by atoms with Crippen molar-refractivity contribution < 1.29 is 14.3 Å². The highest BCUT2D eigenvalue weighted by Gasteiger charge is 2.27. The van der Waals surface area contributed by atoms with Gasteiger partial charge in [0.25, 0.3) is 5.91 Å². The van der Waals surface area contributed by atoms with Crippen molar-refractivity contribution >= 4 is 22.7 Å². The minimum Gasteiger partial charge on any atom is -0.486 e. The summed E-state index contributed by atoms with van der Waals surface area (Å²) in [7, 11) is 0. The number of piperidine rings is 1. The molecule has 142 valence electrons. The second-order valence-electron chi connectivity index (χ2n) is 7.54. The van der Waals surface area contributed by atoms with E-state index in [0.29, 0.717) is 23.7 Å². The molecule has 6 heteroatoms. The Morgan fingerprint density at radius 2 is 2.07 bits per heavy atom. The Labute approximate surface area is 162 Å². The van der Waals surface area contributed by atoms with E-state index in [1.807, 2.05) is 17.0 Å². The first-order chi connectivity index (χ1) is 13.7. The summed E-state index contributed by atoms with van der Waals surface area (Å²) in [5, 5.41) is 1.17. The van der Waals surface area contributed by atoms with E-state index in [4.69, 9.17) is 4.74 Å². The van der Waals surface area contributed by atoms with Crippen molar-refractivity contribution in [1.82, 2.24) is 14.9 Å². The van der Waals surface area contributed by atoms with Gasteiger partial charge in [-0.15, -0.1) is 0 Å². The second-order valence-corrected chi connectivity index (χ2v) is 7.54. The molecule has 0 spiro atoms. The highest BCUT2D eigenvalue weighted by molar-refractivity contribution is 5.95. The number of carbonyl (C=O) groups is 2. The van der Waals surface area contributed by atoms with Crippen LogP contribution in [0.1, 0.15) is 40.2 Å². The van der Waals surface area contributed by atoms with Gasteiger partial charge < -0.3 is 14.6 Å². The van der Waals surface area contributed by atoms with Crippen molar-refractivity contribution in [3.63, 3.8) is 0 Å². The van der Waals surface area contributed by atoms with E-state index in [-0.39, 0.29) is 18.3 Å². The van der Waals surface area contributed by atoms with Crippen LogP contribution in [0.25, 0.3) is 11.0 Å². The van der Waals surface area contributed by atoms with Crippen LogP contribution in [-0.4, -0.2) is 46.3 Å². The zero-order valence-electron chi connectivity index (χ0n) is 15.5. The SMILES string of the molecule is O=C1COc2ccc(C(=O)N3CCC(c4c[nH]c5ncccc45)CC3)cc2C1. The predicted octanol–water partition coefficient (Wildman–Crippen LogP) is 3.09. The van der Waals surface area contributed by atoms with Crippen LogP contribution >= 0.6 is 0 Å². The molecule has 1 saturated heterocycles. The highest BCUT2D eigenvalue weighted by atomic mass is 16.5. The van der Waals surface area contributed by atoms with Crippen LogP contribution in [0, 0.1) is 0 Å². The summed E-state index contributed by atoms with van der Waals surface area (Å²) in [6.07, 6.45) is 6.05. The summed E-state index contributed by atoms with van der Waals surface area (Å²) in [6, 6.07) is 9.48. The lowest BCUT2D eigenvalue weighted by Gasteiger charge is -2.32. The average Bonchev–Trinajstić information content (AvgIpc) is 3.17. The van der Waals surface area contributed by atoms with Crippen LogP contribution in [0.15, 0.2) is 42.7 Å². The van der Waals surface area contributed by atoms with E-state index >= 15 is 0 Å². The average molecular weight is 375 g/mol. The van der Waals surface area contributed by atoms with Gasteiger partial charge in [0.15, 0.2) is 5.78 Å². The smallest absolute Gasteiger partial charge is 0.253 e. The monoisotopic (exact) mass is 375 g/mol. The molecule has 4 heterocycles. The molecule has 3 aromatic rings. The number of aromatic nitrogens is 2. The number of nitrogens with zero attached hydrogens (tertiary/aromatic N) is 2. The quantitative estimate of drug-likeness (QED) is 0.747. The Balaban J connectivity index is 1.30. The zero-order chi connectivity index (χ0) is 19.1. The molecule has 2 aromatic heterocycles. The number of H-pyrrole nitrogens is 1. The van der Waals surface area contributed by atoms with Crippen LogP contribution in [-0.2, 0) is 11.2 Å². The van der Waals surface area contributed by atoms with Gasteiger partial charge in [0.2, 0.25) is 0 Å². The minimum absolute atomic E-state index is 0.0277. The Bertz CT molecular complexity index is 1060. The van der Waals surface area contributed by atoms with Gasteiger partial charge >= 0.3 is 0 Å². The molecule has 5 rings (SSSR count). The molecule has 1 amide bonds. The summed E-state index contributed by atoms with van der Waals surface area (Å²) < 4.78 is 5.42. The molecular formula is C22H21N3O3. The number of amides is 1. The van der Waals surface area contributed by atoms with Crippen molar-refractivity contribution in [2.45, 2.75) is 25.2 Å². The lowest BCUT2D eigenvalue weighted by atomic mass is 9.89. The van der Waals surface area contributed by atoms with Gasteiger partial charge in [-0.1, -0.05) is 0 Å². The van der Waals surface area contributed by atoms with E-state index in [1.54, 1.807) is 18.3 Å². The molecule has 0 unspecified atom stereocenters. The van der Waals surface area contributed by atoms with Crippen LogP contribution < -0.4 is 4.74 Å². The molecule has 1 fully saturated rings. The Kier molecular flexibility index (Phi) is 4.11. The van der Waals surface area contributed by atoms with E-state index < -0.39 is 0 Å². The van der Waals surface area contributed by atoms with E-state index in [1.165, 1.54) is 10.9 Å². The zero-order valence-corrected chi connectivity index (χ0v) is 15.5. The molecule has 2 aliphatic rings. The van der Waals surface area contributed by atoms with Crippen molar-refractivity contribution in [2.24, 2.45) is 0 Å². The fourth-order valence-electron chi connectivity index (χ4n) is 4.30. The van der Waals surface area contributed by atoms with E-state index in [0.717, 1.165) is 37.1 Å². The third-order valence-corrected chi connectivity index (χ3v) is 5.79. The van der Waals surface area contributed by atoms with Crippen LogP contribution in [0.3, 0.4) is 0 Å². The first-order valence-electron chi connectivity index (χ1n) is 9.68. The number of pyridine rings is 1. The first kappa shape index (κ1) is 17.0. The summed E-state index contributed by atoms with van der Waals surface area (Å²) in [5.41, 5.74) is 3.65. The van der Waals surface area contributed by atoms with Crippen molar-refractivity contribution in [1.29, 1.82) is 0 Å². The van der Waals surface area contributed by atoms with Crippen LogP contribution in [0.4, 0.5) is 0 Å². The number of carbonyl (C=O) groups excluding carboxylic acids is 2. The number of rotatable bonds is 2. The fraction of sp³-hybridized carbons (Fsp3) is 0.318. The van der Waals surface area contributed by atoms with Crippen molar-refractivity contribution in [2.75, 3.05) is 19.7 Å². The molecular weight excluding hydrogens is 354 g/mol. The maximum atomic E-state index is 13.0. The van der Waals surface area contributed by atoms with Crippen molar-refractivity contribution in [3.05, 3.63) is 59.4 Å². The second kappa shape index (κ2) is 6.78. The third-order valence-electron chi connectivity index (χ3n) is 5.79. The first-order valence-corrected chi connectivity index (χ1v) is 9.68. The number of nitrogens with one attached hydrogen (secondary N) is 1. The summed E-state index contributed by atoms with van der Waals surface area (Å²) in [6.45, 7) is 1.57. The molecule has 0 saturated carbocycles. The molecule has 2 aliphatic heterocycles. The number of ketones is 1. The summed E-state index contributed by atoms with van der Waals surface area (Å²) >= 11 is 0. The standard InChI is InChI=1S/C22H21N3O3/c26-17-11-16-10-15(3-4-20(16)28-13-17)22(27)25-8-5-14(6-9-25)19-12-24-21-18(19)2-1-7-23-21/h1-4,7,10,12,14H,5-6,8-9,11,13H2,(H,23,24). The van der Waals surface area contributed by atoms with Gasteiger partial charge in [0, 0.05) is 48.4 Å². The summed E-state index contributed by atoms with van der Waals surface area (Å²) in [5.74, 6) is 1.21. The number of hydrogen-bond donors (Lipinski definition) is 1. The fourth-order valence-corrected chi connectivity index (χ4v) is 4.30. The maximum absolute atomic E-state index is 13.0. The minimum atomic E-state index is 0.0277. The molecule has 1 aromatic carbocycles. The Morgan fingerprint density at radius 1 is 1.21 bits per heavy atom. The van der Waals surface area contributed by atoms with Gasteiger partial charge in [-0.3, -0.25) is 9.59 Å². The van der Waals surface area contributed by atoms with E-state index in [2.05, 4.69) is 22.2 Å². The number of aromatic amines is 1. The molecule has 0 aliphatic carbocycles. The normalized spacial score (nSPS) is 17.4. The Morgan fingerprint density at radius 3 is 2.93 bits per heavy atom. The largest absolute Gasteiger partial charge is 0.486 e. The highest BCUT2D eigenvalue weighted by Crippen LogP contribution is 2.33. The number of fused-ring (bicyclic) bond motifs is 2. The number of Topliss-reactive ketones (excluding diaryl/α,β-unsaturated/α-hetero) is 1. The lowest BCUT2D eigenvalue weighted by Crippen LogP contribution is -2.38. The molecule has 0 radical (unpaired) electrons. The van der Waals surface area contributed by atoms with Gasteiger partial charge in [-0.2, -0.15) is 0 Å². The number of hydrogen-bond acceptors (Lipinski definition) is 4. The third kappa shape index (κ3) is 2.95. The van der Waals surface area contributed by atoms with Gasteiger partial charge in [-0.25, -0.2) is 4.98 Å². The molecule has 6 nitrogen and oxygen atoms in total. The van der Waals surface area contributed by atoms with Gasteiger partial charge in [0.1, 0.15) is 18.0 Å². The topological polar surface area (TPSA) is 75.3 Å². The predicted molar refractivity (Wildman–Crippen MR) is 105 cm³/mol. The number of likely N-dealkylation sites (tertiary alicyclic amines) is 1. The lowest BCUT2D eigenvalue weighted by molar-refractivity contribution is -0.121. The molecule has 0 bridgehead atoms. The van der Waals surface area contributed by atoms with Crippen LogP contribution in [0.2, 0.25) is 0 Å². The molecule has 1 N–H and O–H groups in total. The van der Waals surface area contributed by atoms with Gasteiger partial charge in [-0.05, 0) is 54.7 Å². The maximum Gasteiger partial charge on any atom is 0.253 e. The number of ether oxygens (including phenoxy) is 1. The van der Waals surface area contributed by atoms with E-state index in [9.17, 15) is 9.59 Å². The summed E-state index contributed by atoms with van der Waals surface area (Å²) in [4.78, 5) is 34.1. The molecule has 0 atom stereocenters.